The zero-order valence-electron chi connectivity index (χ0n) is 6.16. The van der Waals surface area contributed by atoms with Crippen LogP contribution in [0.4, 0.5) is 0 Å². The van der Waals surface area contributed by atoms with E-state index < -0.39 is 0 Å². The van der Waals surface area contributed by atoms with Crippen molar-refractivity contribution in [3.05, 3.63) is 54.3 Å². The fourth-order valence-corrected chi connectivity index (χ4v) is 0.753. The summed E-state index contributed by atoms with van der Waals surface area (Å²) < 4.78 is 0. The largest absolute Gasteiger partial charge is 0.873 e. The van der Waals surface area contributed by atoms with Crippen LogP contribution in [0.15, 0.2) is 48.7 Å². The maximum atomic E-state index is 10.4. The molecular formula is C10H9O-. The second-order valence-corrected chi connectivity index (χ2v) is 2.21. The average molecular weight is 145 g/mol. The van der Waals surface area contributed by atoms with Gasteiger partial charge in [-0.05, 0) is 5.56 Å². The highest BCUT2D eigenvalue weighted by molar-refractivity contribution is 5.50. The second-order valence-electron chi connectivity index (χ2n) is 2.21. The molecule has 1 heteroatoms. The first-order chi connectivity index (χ1) is 5.29. The molecule has 0 N–H and O–H groups in total. The molecule has 1 nitrogen and oxygen atoms in total. The minimum atomic E-state index is -0.172. The molecule has 0 aliphatic heterocycles. The van der Waals surface area contributed by atoms with Crippen molar-refractivity contribution in [2.45, 2.75) is 0 Å². The summed E-state index contributed by atoms with van der Waals surface area (Å²) in [4.78, 5) is 0. The minimum Gasteiger partial charge on any atom is -0.873 e. The predicted octanol–water partition coefficient (Wildman–Crippen LogP) is 1.57. The van der Waals surface area contributed by atoms with Crippen LogP contribution in [0.25, 0.3) is 6.08 Å². The molecule has 0 fully saturated rings. The summed E-state index contributed by atoms with van der Waals surface area (Å²) in [5, 5.41) is 10.4. The summed E-state index contributed by atoms with van der Waals surface area (Å²) in [6.45, 7) is 3.23. The van der Waals surface area contributed by atoms with Crippen molar-refractivity contribution in [3.63, 3.8) is 0 Å². The third-order valence-corrected chi connectivity index (χ3v) is 1.26. The number of benzene rings is 1. The molecule has 0 spiro atoms. The van der Waals surface area contributed by atoms with Crippen LogP contribution in [-0.2, 0) is 0 Å². The molecule has 11 heavy (non-hydrogen) atoms. The first-order valence-electron chi connectivity index (χ1n) is 3.38. The van der Waals surface area contributed by atoms with E-state index >= 15 is 0 Å². The van der Waals surface area contributed by atoms with Crippen molar-refractivity contribution in [1.29, 1.82) is 0 Å². The lowest BCUT2D eigenvalue weighted by Crippen LogP contribution is -1.95. The molecule has 0 saturated heterocycles. The number of hydrogen-bond donors (Lipinski definition) is 0. The first kappa shape index (κ1) is 7.61. The summed E-state index contributed by atoms with van der Waals surface area (Å²) >= 11 is 0. The van der Waals surface area contributed by atoms with Gasteiger partial charge >= 0.3 is 0 Å². The van der Waals surface area contributed by atoms with E-state index in [9.17, 15) is 5.11 Å². The zero-order chi connectivity index (χ0) is 8.10. The Kier molecular flexibility index (Phi) is 2.50. The molecule has 0 unspecified atom stereocenters. The van der Waals surface area contributed by atoms with Crippen molar-refractivity contribution in [3.8, 4) is 0 Å². The normalized spacial score (nSPS) is 10.2. The first-order valence-corrected chi connectivity index (χ1v) is 3.38. The summed E-state index contributed by atoms with van der Waals surface area (Å²) in [6.07, 6.45) is 3.20. The highest BCUT2D eigenvalue weighted by Crippen LogP contribution is 2.01. The van der Waals surface area contributed by atoms with Crippen molar-refractivity contribution in [2.75, 3.05) is 0 Å². The number of hydrogen-bond acceptors (Lipinski definition) is 1. The van der Waals surface area contributed by atoms with Crippen LogP contribution in [0.5, 0.6) is 0 Å². The topological polar surface area (TPSA) is 23.1 Å². The highest BCUT2D eigenvalue weighted by atomic mass is 16.3. The van der Waals surface area contributed by atoms with E-state index in [1.807, 2.05) is 30.3 Å². The van der Waals surface area contributed by atoms with Crippen LogP contribution < -0.4 is 5.11 Å². The Hall–Kier alpha value is -1.50. The molecule has 0 bridgehead atoms. The van der Waals surface area contributed by atoms with Gasteiger partial charge in [0.1, 0.15) is 0 Å². The quantitative estimate of drug-likeness (QED) is 0.457. The van der Waals surface area contributed by atoms with Crippen molar-refractivity contribution < 1.29 is 5.11 Å². The SMILES string of the molecule is C=C([O-])C=Cc1ccccc1. The van der Waals surface area contributed by atoms with Crippen LogP contribution in [0, 0.1) is 0 Å². The predicted molar refractivity (Wildman–Crippen MR) is 44.6 cm³/mol. The van der Waals surface area contributed by atoms with E-state index in [0.717, 1.165) is 5.56 Å². The number of rotatable bonds is 2. The summed E-state index contributed by atoms with van der Waals surface area (Å²) in [7, 11) is 0. The van der Waals surface area contributed by atoms with E-state index in [-0.39, 0.29) is 5.76 Å². The van der Waals surface area contributed by atoms with Gasteiger partial charge in [-0.25, -0.2) is 0 Å². The van der Waals surface area contributed by atoms with E-state index in [0.29, 0.717) is 0 Å². The zero-order valence-corrected chi connectivity index (χ0v) is 6.16. The summed E-state index contributed by atoms with van der Waals surface area (Å²) in [5.41, 5.74) is 1.02. The van der Waals surface area contributed by atoms with E-state index in [4.69, 9.17) is 0 Å². The van der Waals surface area contributed by atoms with Crippen LogP contribution >= 0.6 is 0 Å². The van der Waals surface area contributed by atoms with Gasteiger partial charge in [0, 0.05) is 0 Å². The Morgan fingerprint density at radius 2 is 1.91 bits per heavy atom. The van der Waals surface area contributed by atoms with Gasteiger partial charge in [-0.1, -0.05) is 42.5 Å². The van der Waals surface area contributed by atoms with E-state index in [1.165, 1.54) is 6.08 Å². The van der Waals surface area contributed by atoms with Crippen molar-refractivity contribution >= 4 is 6.08 Å². The molecule has 56 valence electrons. The molecule has 0 aliphatic carbocycles. The average Bonchev–Trinajstić information content (AvgIpc) is 2.03. The standard InChI is InChI=1S/C10H10O/c1-9(11)7-8-10-5-3-2-4-6-10/h2-8,11H,1H2/p-1. The number of allylic oxidation sites excluding steroid dienone is 1. The van der Waals surface area contributed by atoms with Crippen LogP contribution in [0.2, 0.25) is 0 Å². The lowest BCUT2D eigenvalue weighted by Gasteiger charge is -1.99. The molecule has 1 rings (SSSR count). The Bertz CT molecular complexity index is 259. The monoisotopic (exact) mass is 145 g/mol. The smallest absolute Gasteiger partial charge is 0.0257 e. The maximum Gasteiger partial charge on any atom is -0.0257 e. The highest BCUT2D eigenvalue weighted by Gasteiger charge is 1.79. The maximum absolute atomic E-state index is 10.4. The molecule has 0 heterocycles. The molecule has 0 aliphatic rings. The third kappa shape index (κ3) is 2.72. The van der Waals surface area contributed by atoms with Crippen LogP contribution in [0.1, 0.15) is 5.56 Å². The van der Waals surface area contributed by atoms with E-state index in [1.54, 1.807) is 6.08 Å². The van der Waals surface area contributed by atoms with Gasteiger partial charge < -0.3 is 5.11 Å². The van der Waals surface area contributed by atoms with Gasteiger partial charge in [-0.3, -0.25) is 0 Å². The molecular weight excluding hydrogens is 136 g/mol. The Labute approximate surface area is 66.3 Å². The molecule has 0 saturated carbocycles. The summed E-state index contributed by atoms with van der Waals surface area (Å²) in [6, 6.07) is 9.64. The lowest BCUT2D eigenvalue weighted by molar-refractivity contribution is -0.293. The Morgan fingerprint density at radius 1 is 1.27 bits per heavy atom. The fourth-order valence-electron chi connectivity index (χ4n) is 0.753. The lowest BCUT2D eigenvalue weighted by atomic mass is 10.2. The van der Waals surface area contributed by atoms with Gasteiger partial charge in [-0.15, -0.1) is 12.3 Å². The Morgan fingerprint density at radius 3 is 2.45 bits per heavy atom. The third-order valence-electron chi connectivity index (χ3n) is 1.26. The molecule has 0 amide bonds. The van der Waals surface area contributed by atoms with Gasteiger partial charge in [-0.2, -0.15) is 0 Å². The molecule has 0 radical (unpaired) electrons. The van der Waals surface area contributed by atoms with Gasteiger partial charge in [0.15, 0.2) is 0 Å². The molecule has 0 atom stereocenters. The van der Waals surface area contributed by atoms with Gasteiger partial charge in [0.05, 0.1) is 0 Å². The van der Waals surface area contributed by atoms with Gasteiger partial charge in [0.2, 0.25) is 0 Å². The van der Waals surface area contributed by atoms with Gasteiger partial charge in [0.25, 0.3) is 0 Å². The molecule has 1 aromatic carbocycles. The fraction of sp³-hybridized carbons (Fsp3) is 0. The minimum absolute atomic E-state index is 0.172. The van der Waals surface area contributed by atoms with Crippen LogP contribution in [-0.4, -0.2) is 0 Å². The second kappa shape index (κ2) is 3.62. The molecule has 1 aromatic rings. The summed E-state index contributed by atoms with van der Waals surface area (Å²) in [5.74, 6) is -0.172. The van der Waals surface area contributed by atoms with E-state index in [2.05, 4.69) is 6.58 Å². The molecule has 0 aromatic heterocycles. The Balaban J connectivity index is 2.72. The van der Waals surface area contributed by atoms with Crippen LogP contribution in [0.3, 0.4) is 0 Å². The van der Waals surface area contributed by atoms with Crippen molar-refractivity contribution in [2.24, 2.45) is 0 Å². The van der Waals surface area contributed by atoms with Crippen molar-refractivity contribution in [1.82, 2.24) is 0 Å².